The predicted octanol–water partition coefficient (Wildman–Crippen LogP) is 0.520. The molecule has 49 valence electrons. The molecule has 0 bridgehead atoms. The van der Waals surface area contributed by atoms with E-state index in [2.05, 4.69) is 17.9 Å². The number of hydrogen-bond donors (Lipinski definition) is 0. The van der Waals surface area contributed by atoms with E-state index < -0.39 is 0 Å². The molecule has 9 heavy (non-hydrogen) atoms. The number of nitrogens with zero attached hydrogens (tertiary/aromatic N) is 2. The van der Waals surface area contributed by atoms with Crippen LogP contribution in [0.15, 0.2) is 17.3 Å². The van der Waals surface area contributed by atoms with Crippen LogP contribution in [-0.2, 0) is 20.4 Å². The van der Waals surface area contributed by atoms with E-state index in [0.717, 1.165) is 11.3 Å². The summed E-state index contributed by atoms with van der Waals surface area (Å²) < 4.78 is 1.75. The average molecular weight is 294 g/mol. The molecule has 0 N–H and O–H groups in total. The van der Waals surface area contributed by atoms with Gasteiger partial charge in [0.05, 0.1) is 0 Å². The van der Waals surface area contributed by atoms with Gasteiger partial charge in [-0.2, -0.15) is 11.3 Å². The molecule has 0 unspecified atom stereocenters. The summed E-state index contributed by atoms with van der Waals surface area (Å²) >= 11 is 0. The molecule has 0 aliphatic carbocycles. The van der Waals surface area contributed by atoms with Gasteiger partial charge < -0.3 is 0 Å². The van der Waals surface area contributed by atoms with E-state index in [0.29, 0.717) is 0 Å². The van der Waals surface area contributed by atoms with Crippen LogP contribution in [0.2, 0.25) is 0 Å². The summed E-state index contributed by atoms with van der Waals surface area (Å²) in [6.07, 6.45) is 2.74. The van der Waals surface area contributed by atoms with Gasteiger partial charge in [-0.15, -0.1) is 5.57 Å². The summed E-state index contributed by atoms with van der Waals surface area (Å²) in [5.41, 5.74) is 1.96. The van der Waals surface area contributed by atoms with Crippen LogP contribution in [0.4, 0.5) is 0 Å². The van der Waals surface area contributed by atoms with Crippen molar-refractivity contribution in [3.8, 4) is 0 Å². The van der Waals surface area contributed by atoms with E-state index in [1.165, 1.54) is 0 Å². The fraction of sp³-hybridized carbons (Fsp3) is 0.333. The average Bonchev–Trinajstić information content (AvgIpc) is 1.98. The predicted molar refractivity (Wildman–Crippen MR) is 33.4 cm³/mol. The Morgan fingerprint density at radius 2 is 2.22 bits per heavy atom. The minimum absolute atomic E-state index is 0. The third-order valence-corrected chi connectivity index (χ3v) is 1.26. The maximum Gasteiger partial charge on any atom is 0.151 e. The van der Waals surface area contributed by atoms with E-state index in [9.17, 15) is 0 Å². The van der Waals surface area contributed by atoms with Crippen LogP contribution in [0.25, 0.3) is 0 Å². The van der Waals surface area contributed by atoms with Crippen molar-refractivity contribution >= 4 is 11.9 Å². The Balaban J connectivity index is 0.000000640. The first-order valence-corrected chi connectivity index (χ1v) is 2.45. The zero-order valence-corrected chi connectivity index (χ0v) is 8.20. The van der Waals surface area contributed by atoms with Crippen LogP contribution in [0, 0.1) is 0 Å². The molecule has 0 amide bonds. The molecule has 0 saturated heterocycles. The Labute approximate surface area is 68.6 Å². The van der Waals surface area contributed by atoms with Crippen LogP contribution < -0.4 is 0 Å². The van der Waals surface area contributed by atoms with Crippen molar-refractivity contribution in [1.29, 1.82) is 0 Å². The van der Waals surface area contributed by atoms with Gasteiger partial charge in [-0.05, 0) is 6.92 Å². The zero-order chi connectivity index (χ0) is 6.15. The maximum atomic E-state index is 3.84. The van der Waals surface area contributed by atoms with Crippen LogP contribution in [0.5, 0.6) is 0 Å². The van der Waals surface area contributed by atoms with Crippen LogP contribution in [0.1, 0.15) is 6.92 Å². The summed E-state index contributed by atoms with van der Waals surface area (Å²) in [5.74, 6) is 0. The molecule has 1 rings (SSSR count). The Morgan fingerprint density at radius 1 is 1.67 bits per heavy atom. The van der Waals surface area contributed by atoms with Crippen molar-refractivity contribution in [3.05, 3.63) is 12.2 Å². The maximum absolute atomic E-state index is 3.84. The van der Waals surface area contributed by atoms with E-state index >= 15 is 0 Å². The second kappa shape index (κ2) is 3.05. The fourth-order valence-electron chi connectivity index (χ4n) is 0.487. The largest absolute Gasteiger partial charge is 0.192 e. The van der Waals surface area contributed by atoms with Gasteiger partial charge >= 0.3 is 0 Å². The molecule has 1 aliphatic rings. The van der Waals surface area contributed by atoms with Crippen molar-refractivity contribution < 1.29 is 25.1 Å². The molecule has 0 atom stereocenters. The molecule has 1 aliphatic heterocycles. The smallest absolute Gasteiger partial charge is 0.151 e. The van der Waals surface area contributed by atoms with E-state index in [1.807, 2.05) is 14.0 Å². The SMILES string of the molecule is C=C1[C-]=N[N+](C)=C1C.[Re]. The molecule has 2 nitrogen and oxygen atoms in total. The molecule has 3 heteroatoms. The van der Waals surface area contributed by atoms with Gasteiger partial charge in [0.2, 0.25) is 0 Å². The number of rotatable bonds is 0. The number of allylic oxidation sites excluding steroid dienone is 1. The van der Waals surface area contributed by atoms with Crippen molar-refractivity contribution in [2.75, 3.05) is 7.05 Å². The molecule has 0 spiro atoms. The monoisotopic (exact) mass is 295 g/mol. The van der Waals surface area contributed by atoms with Crippen LogP contribution in [0.3, 0.4) is 0 Å². The minimum atomic E-state index is 0. The first kappa shape index (κ1) is 8.74. The molecule has 0 aromatic carbocycles. The van der Waals surface area contributed by atoms with Gasteiger partial charge in [0.1, 0.15) is 5.71 Å². The quantitative estimate of drug-likeness (QED) is 0.457. The summed E-state index contributed by atoms with van der Waals surface area (Å²) in [4.78, 5) is 0. The van der Waals surface area contributed by atoms with Gasteiger partial charge in [0.15, 0.2) is 7.05 Å². The molecule has 0 saturated carbocycles. The van der Waals surface area contributed by atoms with Crippen LogP contribution >= 0.6 is 0 Å². The second-order valence-corrected chi connectivity index (χ2v) is 1.80. The van der Waals surface area contributed by atoms with Crippen LogP contribution in [-0.4, -0.2) is 23.7 Å². The number of hydrazone groups is 1. The Hall–Kier alpha value is -0.258. The molecule has 0 aromatic rings. The van der Waals surface area contributed by atoms with E-state index in [-0.39, 0.29) is 20.4 Å². The molecular formula is C6H8N2Re. The molecule has 1 heterocycles. The van der Waals surface area contributed by atoms with Gasteiger partial charge in [-0.25, -0.2) is 0 Å². The van der Waals surface area contributed by atoms with Crippen molar-refractivity contribution in [3.63, 3.8) is 0 Å². The van der Waals surface area contributed by atoms with E-state index in [4.69, 9.17) is 0 Å². The fourth-order valence-corrected chi connectivity index (χ4v) is 0.487. The summed E-state index contributed by atoms with van der Waals surface area (Å²) in [7, 11) is 1.88. The van der Waals surface area contributed by atoms with Gasteiger partial charge in [-0.3, -0.25) is 0 Å². The summed E-state index contributed by atoms with van der Waals surface area (Å²) in [6.45, 7) is 5.67. The third-order valence-electron chi connectivity index (χ3n) is 1.26. The minimum Gasteiger partial charge on any atom is -0.192 e. The standard InChI is InChI=1S/C6H8N2.Re/c1-5-4-7-8(3)6(5)2;/h1H2,2-3H3;. The summed E-state index contributed by atoms with van der Waals surface area (Å²) in [5, 5.41) is 3.84. The third kappa shape index (κ3) is 1.57. The van der Waals surface area contributed by atoms with Gasteiger partial charge in [0, 0.05) is 26.6 Å². The molecule has 0 aromatic heterocycles. The first-order valence-electron chi connectivity index (χ1n) is 2.45. The van der Waals surface area contributed by atoms with Crippen molar-refractivity contribution in [1.82, 2.24) is 0 Å². The molecule has 0 fully saturated rings. The van der Waals surface area contributed by atoms with Gasteiger partial charge in [0.25, 0.3) is 0 Å². The number of hydrogen-bond acceptors (Lipinski definition) is 1. The Morgan fingerprint density at radius 3 is 2.33 bits per heavy atom. The Bertz CT molecular complexity index is 187. The normalized spacial score (nSPS) is 16.4. The molecular weight excluding hydrogens is 286 g/mol. The van der Waals surface area contributed by atoms with Gasteiger partial charge in [-0.1, -0.05) is 5.10 Å². The molecule has 1 radical (unpaired) electrons. The zero-order valence-electron chi connectivity index (χ0n) is 5.48. The van der Waals surface area contributed by atoms with Crippen molar-refractivity contribution in [2.24, 2.45) is 5.10 Å². The van der Waals surface area contributed by atoms with Crippen molar-refractivity contribution in [2.45, 2.75) is 6.92 Å². The first-order chi connectivity index (χ1) is 3.72. The van der Waals surface area contributed by atoms with E-state index in [1.54, 1.807) is 4.68 Å². The topological polar surface area (TPSA) is 15.4 Å². The Kier molecular flexibility index (Phi) is 2.96. The summed E-state index contributed by atoms with van der Waals surface area (Å²) in [6, 6.07) is 0. The second-order valence-electron chi connectivity index (χ2n) is 1.80.